The first-order chi connectivity index (χ1) is 13.0. The number of fused-ring (bicyclic) bond motifs is 1. The van der Waals surface area contributed by atoms with Crippen molar-refractivity contribution in [3.8, 4) is 0 Å². The van der Waals surface area contributed by atoms with E-state index in [0.717, 1.165) is 27.5 Å². The molecule has 0 aromatic heterocycles. The van der Waals surface area contributed by atoms with E-state index >= 15 is 0 Å². The normalized spacial score (nSPS) is 32.8. The summed E-state index contributed by atoms with van der Waals surface area (Å²) >= 11 is 0. The van der Waals surface area contributed by atoms with Crippen molar-refractivity contribution >= 4 is 22.7 Å². The van der Waals surface area contributed by atoms with Crippen LogP contribution in [0, 0.1) is 11.8 Å². The molecule has 1 aliphatic heterocycles. The van der Waals surface area contributed by atoms with Crippen LogP contribution in [0.1, 0.15) is 36.1 Å². The van der Waals surface area contributed by atoms with E-state index in [4.69, 9.17) is 4.74 Å². The number of ether oxygens (including phenoxy) is 1. The van der Waals surface area contributed by atoms with E-state index in [-0.39, 0.29) is 11.9 Å². The molecule has 0 saturated carbocycles. The highest BCUT2D eigenvalue weighted by Crippen LogP contribution is 2.66. The first kappa shape index (κ1) is 15.2. The van der Waals surface area contributed by atoms with E-state index in [0.29, 0.717) is 0 Å². The van der Waals surface area contributed by atoms with Gasteiger partial charge in [0.25, 0.3) is 0 Å². The molecule has 27 heavy (non-hydrogen) atoms. The average molecular weight is 354 g/mol. The van der Waals surface area contributed by atoms with Gasteiger partial charge in [-0.25, -0.2) is 0 Å². The van der Waals surface area contributed by atoms with E-state index in [1.165, 1.54) is 5.56 Å². The topological polar surface area (TPSA) is 43.4 Å². The highest BCUT2D eigenvalue weighted by atomic mass is 16.6. The van der Waals surface area contributed by atoms with E-state index in [1.807, 2.05) is 24.3 Å². The number of benzene rings is 3. The van der Waals surface area contributed by atoms with Gasteiger partial charge in [-0.3, -0.25) is 9.59 Å². The van der Waals surface area contributed by atoms with Gasteiger partial charge >= 0.3 is 11.9 Å². The summed E-state index contributed by atoms with van der Waals surface area (Å²) in [5.41, 5.74) is 3.46. The summed E-state index contributed by atoms with van der Waals surface area (Å²) < 4.78 is 5.22. The molecule has 0 spiro atoms. The van der Waals surface area contributed by atoms with Crippen LogP contribution < -0.4 is 0 Å². The number of carbonyl (C=O) groups is 2. The van der Waals surface area contributed by atoms with Gasteiger partial charge < -0.3 is 4.74 Å². The minimum atomic E-state index is -0.585. The van der Waals surface area contributed by atoms with E-state index < -0.39 is 22.7 Å². The minimum absolute atomic E-state index is 0.382. The Morgan fingerprint density at radius 3 is 2.04 bits per heavy atom. The molecule has 0 amide bonds. The number of esters is 2. The smallest absolute Gasteiger partial charge is 0.318 e. The van der Waals surface area contributed by atoms with Gasteiger partial charge in [0, 0.05) is 10.8 Å². The fourth-order valence-corrected chi connectivity index (χ4v) is 6.23. The van der Waals surface area contributed by atoms with Crippen molar-refractivity contribution in [2.24, 2.45) is 11.8 Å². The average Bonchev–Trinajstić information content (AvgIpc) is 3.00. The summed E-state index contributed by atoms with van der Waals surface area (Å²) in [5, 5.41) is 2.31. The SMILES string of the molecule is C[C@]12c3ccccc3[C@@](C)(c3c1ccc1ccccc31)[C@H]1C(=O)OC(=O)[C@@H]12. The maximum absolute atomic E-state index is 12.9. The van der Waals surface area contributed by atoms with Gasteiger partial charge in [-0.1, -0.05) is 74.5 Å². The predicted molar refractivity (Wildman–Crippen MR) is 101 cm³/mol. The summed E-state index contributed by atoms with van der Waals surface area (Å²) in [6.07, 6.45) is 0. The lowest BCUT2D eigenvalue weighted by atomic mass is 9.42. The van der Waals surface area contributed by atoms with Gasteiger partial charge in [0.15, 0.2) is 0 Å². The Hall–Kier alpha value is -2.94. The summed E-state index contributed by atoms with van der Waals surface area (Å²) in [6, 6.07) is 20.8. The van der Waals surface area contributed by atoms with E-state index in [2.05, 4.69) is 50.2 Å². The molecule has 3 nitrogen and oxygen atoms in total. The Labute approximate surface area is 157 Å². The van der Waals surface area contributed by atoms with Gasteiger partial charge in [-0.15, -0.1) is 0 Å². The molecule has 3 aromatic rings. The third-order valence-electron chi connectivity index (χ3n) is 7.34. The molecule has 4 atom stereocenters. The van der Waals surface area contributed by atoms with E-state index in [9.17, 15) is 9.59 Å². The largest absolute Gasteiger partial charge is 0.393 e. The van der Waals surface area contributed by atoms with Gasteiger partial charge in [-0.05, 0) is 33.0 Å². The molecule has 1 heterocycles. The number of rotatable bonds is 0. The summed E-state index contributed by atoms with van der Waals surface area (Å²) in [7, 11) is 0. The third kappa shape index (κ3) is 1.45. The van der Waals surface area contributed by atoms with Gasteiger partial charge in [-0.2, -0.15) is 0 Å². The Kier molecular flexibility index (Phi) is 2.51. The zero-order valence-corrected chi connectivity index (χ0v) is 15.2. The molecule has 7 rings (SSSR count). The third-order valence-corrected chi connectivity index (χ3v) is 7.34. The molecular formula is C24H18O3. The molecular weight excluding hydrogens is 336 g/mol. The molecule has 0 unspecified atom stereocenters. The fraction of sp³-hybridized carbons (Fsp3) is 0.250. The highest BCUT2D eigenvalue weighted by molar-refractivity contribution is 6.03. The van der Waals surface area contributed by atoms with Crippen LogP contribution in [-0.2, 0) is 25.2 Å². The maximum atomic E-state index is 12.9. The molecule has 1 fully saturated rings. The molecule has 132 valence electrons. The van der Waals surface area contributed by atoms with Crippen LogP contribution >= 0.6 is 0 Å². The fourth-order valence-electron chi connectivity index (χ4n) is 6.23. The Bertz CT molecular complexity index is 1190. The molecule has 0 radical (unpaired) electrons. The van der Waals surface area contributed by atoms with Crippen molar-refractivity contribution in [3.05, 3.63) is 82.9 Å². The Morgan fingerprint density at radius 1 is 0.704 bits per heavy atom. The summed E-state index contributed by atoms with van der Waals surface area (Å²) in [6.45, 7) is 4.23. The lowest BCUT2D eigenvalue weighted by molar-refractivity contribution is -0.154. The van der Waals surface area contributed by atoms with Crippen LogP contribution in [0.2, 0.25) is 0 Å². The lowest BCUT2D eigenvalue weighted by Gasteiger charge is -2.57. The molecule has 1 saturated heterocycles. The molecule has 3 aliphatic carbocycles. The monoisotopic (exact) mass is 354 g/mol. The van der Waals surface area contributed by atoms with Gasteiger partial charge in [0.05, 0.1) is 11.8 Å². The molecule has 3 heteroatoms. The van der Waals surface area contributed by atoms with Crippen molar-refractivity contribution in [2.75, 3.05) is 0 Å². The van der Waals surface area contributed by atoms with Crippen molar-refractivity contribution in [3.63, 3.8) is 0 Å². The zero-order valence-electron chi connectivity index (χ0n) is 15.2. The van der Waals surface area contributed by atoms with E-state index in [1.54, 1.807) is 0 Å². The number of carbonyl (C=O) groups excluding carboxylic acids is 2. The van der Waals surface area contributed by atoms with Crippen LogP contribution in [0.15, 0.2) is 60.7 Å². The Balaban J connectivity index is 1.86. The predicted octanol–water partition coefficient (Wildman–Crippen LogP) is 4.09. The number of cyclic esters (lactones) is 2. The van der Waals surface area contributed by atoms with Gasteiger partial charge in [0.2, 0.25) is 0 Å². The van der Waals surface area contributed by atoms with Crippen LogP contribution in [0.4, 0.5) is 0 Å². The number of hydrogen-bond acceptors (Lipinski definition) is 3. The first-order valence-corrected chi connectivity index (χ1v) is 9.37. The van der Waals surface area contributed by atoms with Crippen molar-refractivity contribution in [2.45, 2.75) is 24.7 Å². The van der Waals surface area contributed by atoms with Crippen LogP contribution in [0.5, 0.6) is 0 Å². The van der Waals surface area contributed by atoms with Crippen molar-refractivity contribution in [1.29, 1.82) is 0 Å². The zero-order chi connectivity index (χ0) is 18.6. The quantitative estimate of drug-likeness (QED) is 0.451. The second-order valence-electron chi connectivity index (χ2n) is 8.36. The highest BCUT2D eigenvalue weighted by Gasteiger charge is 2.70. The van der Waals surface area contributed by atoms with Crippen LogP contribution in [0.3, 0.4) is 0 Å². The Morgan fingerprint density at radius 2 is 1.30 bits per heavy atom. The van der Waals surface area contributed by atoms with Crippen molar-refractivity contribution in [1.82, 2.24) is 0 Å². The summed E-state index contributed by atoms with van der Waals surface area (Å²) in [4.78, 5) is 25.7. The lowest BCUT2D eigenvalue weighted by Crippen LogP contribution is -2.59. The first-order valence-electron chi connectivity index (χ1n) is 9.37. The second-order valence-corrected chi connectivity index (χ2v) is 8.36. The molecule has 3 aromatic carbocycles. The van der Waals surface area contributed by atoms with Crippen molar-refractivity contribution < 1.29 is 14.3 Å². The standard InChI is InChI=1S/C24H18O3/c1-23-15-9-5-6-10-16(15)24(2,20-19(23)21(25)27-22(20)26)18-14-8-4-3-7-13(14)11-12-17(18)23/h3-12,19-20H,1-2H3/t19-,20-,23+,24+/m1/s1. The van der Waals surface area contributed by atoms with Gasteiger partial charge in [0.1, 0.15) is 0 Å². The van der Waals surface area contributed by atoms with Crippen LogP contribution in [0.25, 0.3) is 10.8 Å². The number of hydrogen-bond donors (Lipinski definition) is 0. The molecule has 0 N–H and O–H groups in total. The molecule has 2 bridgehead atoms. The maximum Gasteiger partial charge on any atom is 0.318 e. The van der Waals surface area contributed by atoms with Crippen LogP contribution in [-0.4, -0.2) is 11.9 Å². The summed E-state index contributed by atoms with van der Waals surface area (Å²) in [5.74, 6) is -1.72. The molecule has 4 aliphatic rings. The minimum Gasteiger partial charge on any atom is -0.393 e. The second kappa shape index (κ2) is 4.48.